The molecule has 1 N–H and O–H groups in total. The van der Waals surface area contributed by atoms with Crippen molar-refractivity contribution in [3.05, 3.63) is 72.9 Å². The van der Waals surface area contributed by atoms with Crippen molar-refractivity contribution >= 4 is 56.0 Å². The lowest BCUT2D eigenvalue weighted by Gasteiger charge is -2.09. The first-order chi connectivity index (χ1) is 13.8. The monoisotopic (exact) mass is 492 g/mol. The van der Waals surface area contributed by atoms with E-state index in [9.17, 15) is 4.79 Å². The predicted octanol–water partition coefficient (Wildman–Crippen LogP) is 4.23. The van der Waals surface area contributed by atoms with Gasteiger partial charge in [-0.15, -0.1) is 5.10 Å². The summed E-state index contributed by atoms with van der Waals surface area (Å²) in [7, 11) is 3.61. The summed E-state index contributed by atoms with van der Waals surface area (Å²) in [5, 5.41) is 5.76. The van der Waals surface area contributed by atoms with Crippen molar-refractivity contribution in [3.63, 3.8) is 0 Å². The number of benzene rings is 1. The average Bonchev–Trinajstić information content (AvgIpc) is 3.02. The molecule has 0 amide bonds. The molecule has 0 aliphatic heterocycles. The first kappa shape index (κ1) is 19.9. The SMILES string of the molecule is CN(C)c1nn(-c2c(Cl)cccc2Cl)c2nc(Cc3cncc(Br)c3)[nH]c(=O)c12. The van der Waals surface area contributed by atoms with Gasteiger partial charge >= 0.3 is 0 Å². The molecule has 0 radical (unpaired) electrons. The zero-order valence-corrected chi connectivity index (χ0v) is 18.5. The van der Waals surface area contributed by atoms with Crippen LogP contribution in [0.4, 0.5) is 5.82 Å². The zero-order valence-electron chi connectivity index (χ0n) is 15.4. The van der Waals surface area contributed by atoms with Gasteiger partial charge in [0.05, 0.1) is 10.0 Å². The van der Waals surface area contributed by atoms with Crippen LogP contribution in [0.5, 0.6) is 0 Å². The van der Waals surface area contributed by atoms with Crippen LogP contribution in [0.2, 0.25) is 10.0 Å². The van der Waals surface area contributed by atoms with Crippen LogP contribution in [0.15, 0.2) is 45.9 Å². The molecule has 0 fully saturated rings. The van der Waals surface area contributed by atoms with Crippen LogP contribution < -0.4 is 10.5 Å². The van der Waals surface area contributed by atoms with Gasteiger partial charge in [-0.25, -0.2) is 9.67 Å². The van der Waals surface area contributed by atoms with Crippen LogP contribution in [0, 0.1) is 0 Å². The van der Waals surface area contributed by atoms with Crippen molar-refractivity contribution in [2.75, 3.05) is 19.0 Å². The van der Waals surface area contributed by atoms with Crippen molar-refractivity contribution in [1.29, 1.82) is 0 Å². The van der Waals surface area contributed by atoms with E-state index < -0.39 is 0 Å². The molecule has 3 heterocycles. The number of nitrogens with zero attached hydrogens (tertiary/aromatic N) is 5. The molecular weight excluding hydrogens is 479 g/mol. The quantitative estimate of drug-likeness (QED) is 0.460. The van der Waals surface area contributed by atoms with Crippen LogP contribution >= 0.6 is 39.1 Å². The van der Waals surface area contributed by atoms with Gasteiger partial charge in [0.25, 0.3) is 5.56 Å². The number of aromatic nitrogens is 5. The molecule has 4 aromatic rings. The number of pyridine rings is 1. The van der Waals surface area contributed by atoms with Gasteiger partial charge < -0.3 is 9.88 Å². The van der Waals surface area contributed by atoms with E-state index in [2.05, 4.69) is 36.0 Å². The van der Waals surface area contributed by atoms with E-state index in [4.69, 9.17) is 23.2 Å². The molecule has 0 saturated heterocycles. The number of para-hydroxylation sites is 1. The van der Waals surface area contributed by atoms with Gasteiger partial charge in [0.2, 0.25) is 0 Å². The number of halogens is 3. The average molecular weight is 494 g/mol. The third-order valence-electron chi connectivity index (χ3n) is 4.27. The normalized spacial score (nSPS) is 11.2. The van der Waals surface area contributed by atoms with Crippen LogP contribution in [0.3, 0.4) is 0 Å². The zero-order chi connectivity index (χ0) is 20.7. The highest BCUT2D eigenvalue weighted by Crippen LogP contribution is 2.32. The molecule has 4 rings (SSSR count). The summed E-state index contributed by atoms with van der Waals surface area (Å²) in [5.74, 6) is 0.956. The van der Waals surface area contributed by atoms with E-state index in [1.807, 2.05) is 6.07 Å². The number of anilines is 1. The molecular formula is C19H15BrCl2N6O. The van der Waals surface area contributed by atoms with Gasteiger partial charge in [-0.3, -0.25) is 9.78 Å². The van der Waals surface area contributed by atoms with E-state index in [-0.39, 0.29) is 5.56 Å². The summed E-state index contributed by atoms with van der Waals surface area (Å²) >= 11 is 16.2. The largest absolute Gasteiger partial charge is 0.361 e. The second-order valence-corrected chi connectivity index (χ2v) is 8.33. The van der Waals surface area contributed by atoms with E-state index in [1.54, 1.807) is 49.6 Å². The molecule has 3 aromatic heterocycles. The molecule has 0 bridgehead atoms. The Balaban J connectivity index is 1.97. The number of aromatic amines is 1. The van der Waals surface area contributed by atoms with Crippen molar-refractivity contribution in [2.45, 2.75) is 6.42 Å². The highest BCUT2D eigenvalue weighted by atomic mass is 79.9. The smallest absolute Gasteiger partial charge is 0.264 e. The Bertz CT molecular complexity index is 1260. The minimum absolute atomic E-state index is 0.286. The molecule has 148 valence electrons. The molecule has 0 saturated carbocycles. The second-order valence-electron chi connectivity index (χ2n) is 6.60. The lowest BCUT2D eigenvalue weighted by Crippen LogP contribution is -2.16. The van der Waals surface area contributed by atoms with Crippen LogP contribution in [0.1, 0.15) is 11.4 Å². The number of H-pyrrole nitrogens is 1. The van der Waals surface area contributed by atoms with E-state index >= 15 is 0 Å². The summed E-state index contributed by atoms with van der Waals surface area (Å²) in [4.78, 5) is 26.4. The number of hydrogen-bond acceptors (Lipinski definition) is 5. The number of fused-ring (bicyclic) bond motifs is 1. The Morgan fingerprint density at radius 3 is 2.59 bits per heavy atom. The molecule has 29 heavy (non-hydrogen) atoms. The van der Waals surface area contributed by atoms with E-state index in [1.165, 1.54) is 4.68 Å². The Morgan fingerprint density at radius 2 is 1.93 bits per heavy atom. The molecule has 0 unspecified atom stereocenters. The third-order valence-corrected chi connectivity index (χ3v) is 5.32. The van der Waals surface area contributed by atoms with Gasteiger partial charge in [0.1, 0.15) is 16.9 Å². The minimum Gasteiger partial charge on any atom is -0.361 e. The van der Waals surface area contributed by atoms with E-state index in [0.717, 1.165) is 10.0 Å². The molecule has 7 nitrogen and oxygen atoms in total. The van der Waals surface area contributed by atoms with Crippen LogP contribution in [0.25, 0.3) is 16.7 Å². The Labute approximate surface area is 184 Å². The fraction of sp³-hybridized carbons (Fsp3) is 0.158. The van der Waals surface area contributed by atoms with Crippen LogP contribution in [-0.4, -0.2) is 38.8 Å². The first-order valence-corrected chi connectivity index (χ1v) is 10.1. The maximum atomic E-state index is 12.9. The predicted molar refractivity (Wildman–Crippen MR) is 119 cm³/mol. The number of nitrogens with one attached hydrogen (secondary N) is 1. The minimum atomic E-state index is -0.286. The first-order valence-electron chi connectivity index (χ1n) is 8.58. The molecule has 0 aliphatic carbocycles. The van der Waals surface area contributed by atoms with Crippen LogP contribution in [-0.2, 0) is 6.42 Å². The summed E-state index contributed by atoms with van der Waals surface area (Å²) in [5.41, 5.74) is 1.47. The number of hydrogen-bond donors (Lipinski definition) is 1. The third kappa shape index (κ3) is 3.75. The lowest BCUT2D eigenvalue weighted by molar-refractivity contribution is 0.868. The summed E-state index contributed by atoms with van der Waals surface area (Å²) in [6.07, 6.45) is 3.82. The maximum Gasteiger partial charge on any atom is 0.264 e. The van der Waals surface area contributed by atoms with Crippen molar-refractivity contribution in [2.24, 2.45) is 0 Å². The fourth-order valence-corrected chi connectivity index (χ4v) is 4.01. The van der Waals surface area contributed by atoms with Gasteiger partial charge in [-0.1, -0.05) is 29.3 Å². The molecule has 1 aromatic carbocycles. The van der Waals surface area contributed by atoms with Gasteiger partial charge in [-0.2, -0.15) is 0 Å². The maximum absolute atomic E-state index is 12.9. The lowest BCUT2D eigenvalue weighted by atomic mass is 10.2. The molecule has 0 atom stereocenters. The highest BCUT2D eigenvalue weighted by molar-refractivity contribution is 9.10. The van der Waals surface area contributed by atoms with Gasteiger partial charge in [0.15, 0.2) is 11.5 Å². The van der Waals surface area contributed by atoms with E-state index in [0.29, 0.717) is 44.8 Å². The van der Waals surface area contributed by atoms with Gasteiger partial charge in [-0.05, 0) is 39.7 Å². The summed E-state index contributed by atoms with van der Waals surface area (Å²) in [6.45, 7) is 0. The molecule has 0 aliphatic rings. The fourth-order valence-electron chi connectivity index (χ4n) is 3.04. The summed E-state index contributed by atoms with van der Waals surface area (Å²) in [6, 6.07) is 7.10. The Kier molecular flexibility index (Phi) is 5.33. The van der Waals surface area contributed by atoms with Crippen molar-refractivity contribution in [1.82, 2.24) is 24.7 Å². The van der Waals surface area contributed by atoms with Crippen molar-refractivity contribution in [3.8, 4) is 5.69 Å². The highest BCUT2D eigenvalue weighted by Gasteiger charge is 2.22. The Morgan fingerprint density at radius 1 is 1.21 bits per heavy atom. The summed E-state index contributed by atoms with van der Waals surface area (Å²) < 4.78 is 2.37. The standard InChI is InChI=1S/C19H15BrCl2N6O/c1-27(2)18-15-17(28(26-18)16-12(21)4-3-5-13(16)22)24-14(25-19(15)29)7-10-6-11(20)9-23-8-10/h3-6,8-9H,7H2,1-2H3,(H,24,25,29). The van der Waals surface area contributed by atoms with Crippen molar-refractivity contribution < 1.29 is 0 Å². The Hall–Kier alpha value is -2.42. The second kappa shape index (κ2) is 7.78. The topological polar surface area (TPSA) is 79.7 Å². The molecule has 0 spiro atoms. The number of rotatable bonds is 4. The molecule has 10 heteroatoms. The van der Waals surface area contributed by atoms with Gasteiger partial charge in [0, 0.05) is 37.4 Å².